The zero-order valence-corrected chi connectivity index (χ0v) is 23.8. The molecule has 210 valence electrons. The summed E-state index contributed by atoms with van der Waals surface area (Å²) in [4.78, 5) is 34.9. The number of hydrogen-bond donors (Lipinski definition) is 0. The van der Waals surface area contributed by atoms with Crippen molar-refractivity contribution in [2.45, 2.75) is 17.5 Å². The lowest BCUT2D eigenvalue weighted by atomic mass is 9.55. The number of thioether (sulfide) groups is 1. The van der Waals surface area contributed by atoms with Crippen LogP contribution in [0.1, 0.15) is 33.0 Å². The molecule has 3 heterocycles. The minimum absolute atomic E-state index is 0.0607. The highest BCUT2D eigenvalue weighted by atomic mass is 32.2. The van der Waals surface area contributed by atoms with Crippen LogP contribution >= 0.6 is 11.8 Å². The Bertz CT molecular complexity index is 1850. The molecule has 4 atom stereocenters. The average molecular weight is 579 g/mol. The number of carbonyl (C=O) groups excluding carboxylic acids is 2. The van der Waals surface area contributed by atoms with E-state index >= 15 is 9.59 Å². The third-order valence-electron chi connectivity index (χ3n) is 9.83. The summed E-state index contributed by atoms with van der Waals surface area (Å²) >= 11 is 1.75. The Labute approximate surface area is 247 Å². The molecule has 7 heteroatoms. The quantitative estimate of drug-likeness (QED) is 0.263. The number of carbonyl (C=O) groups is 2. The van der Waals surface area contributed by atoms with E-state index in [0.717, 1.165) is 27.7 Å². The zero-order chi connectivity index (χ0) is 28.8. The van der Waals surface area contributed by atoms with Gasteiger partial charge in [-0.3, -0.25) is 14.5 Å². The lowest BCUT2D eigenvalue weighted by Gasteiger charge is -2.51. The van der Waals surface area contributed by atoms with E-state index in [0.29, 0.717) is 35.7 Å². The number of rotatable bonds is 2. The van der Waals surface area contributed by atoms with Gasteiger partial charge in [-0.25, -0.2) is 8.78 Å². The fraction of sp³-hybridized carbons (Fsp3) is 0.257. The van der Waals surface area contributed by atoms with Crippen molar-refractivity contribution in [3.8, 4) is 0 Å². The Hall–Kier alpha value is -3.65. The van der Waals surface area contributed by atoms with Gasteiger partial charge in [0, 0.05) is 47.8 Å². The first-order valence-electron chi connectivity index (χ1n) is 14.2. The van der Waals surface area contributed by atoms with E-state index in [2.05, 4.69) is 9.80 Å². The number of Topliss-reactive ketones (excluding diaryl/α,β-unsaturated/α-hetero) is 2. The molecule has 1 aliphatic carbocycles. The number of ketones is 2. The highest BCUT2D eigenvalue weighted by Crippen LogP contribution is 2.69. The predicted octanol–water partition coefficient (Wildman–Crippen LogP) is 6.27. The highest BCUT2D eigenvalue weighted by Gasteiger charge is 2.78. The van der Waals surface area contributed by atoms with E-state index in [1.165, 1.54) is 24.3 Å². The van der Waals surface area contributed by atoms with Gasteiger partial charge in [-0.1, -0.05) is 60.7 Å². The van der Waals surface area contributed by atoms with Crippen LogP contribution in [0, 0.1) is 17.0 Å². The molecule has 0 bridgehead atoms. The first kappa shape index (κ1) is 26.0. The van der Waals surface area contributed by atoms with E-state index in [1.54, 1.807) is 36.0 Å². The molecular weight excluding hydrogens is 550 g/mol. The van der Waals surface area contributed by atoms with Crippen molar-refractivity contribution >= 4 is 40.2 Å². The minimum Gasteiger partial charge on any atom is -0.301 e. The van der Waals surface area contributed by atoms with Crippen molar-refractivity contribution in [3.05, 3.63) is 124 Å². The van der Waals surface area contributed by atoms with Crippen LogP contribution < -0.4 is 0 Å². The minimum atomic E-state index is -1.27. The lowest BCUT2D eigenvalue weighted by Crippen LogP contribution is -2.65. The van der Waals surface area contributed by atoms with Crippen molar-refractivity contribution in [2.75, 3.05) is 31.8 Å². The Kier molecular flexibility index (Phi) is 5.68. The van der Waals surface area contributed by atoms with E-state index in [4.69, 9.17) is 0 Å². The standard InChI is InChI=1S/C35H28F2N2O2S/c1-38-17-24(14-21-6-2-10-25(36)15-21)32(40)34(19-38)31(23-9-3-11-26(37)16-23)29-18-42-20-39(29)35(34)28-13-5-8-22-7-4-12-27(30(22)28)33(35)41/h2-16,29,31H,17-20H2,1H3/b24-14+/t29-,31-,34-,35-/m0/s1. The van der Waals surface area contributed by atoms with Crippen LogP contribution in [0.2, 0.25) is 0 Å². The van der Waals surface area contributed by atoms with E-state index in [9.17, 15) is 8.78 Å². The van der Waals surface area contributed by atoms with Gasteiger partial charge in [0.2, 0.25) is 0 Å². The van der Waals surface area contributed by atoms with Gasteiger partial charge in [0.05, 0.1) is 5.41 Å². The summed E-state index contributed by atoms with van der Waals surface area (Å²) in [5.41, 5.74) is 0.832. The number of benzene rings is 4. The number of hydrogen-bond acceptors (Lipinski definition) is 5. The van der Waals surface area contributed by atoms with Crippen LogP contribution in [-0.4, -0.2) is 59.2 Å². The van der Waals surface area contributed by atoms with Crippen molar-refractivity contribution in [1.82, 2.24) is 9.80 Å². The van der Waals surface area contributed by atoms with E-state index in [1.807, 2.05) is 49.5 Å². The van der Waals surface area contributed by atoms with Gasteiger partial charge in [0.15, 0.2) is 11.6 Å². The maximum Gasteiger partial charge on any atom is 0.189 e. The molecule has 8 rings (SSSR count). The first-order valence-corrected chi connectivity index (χ1v) is 15.4. The van der Waals surface area contributed by atoms with Crippen LogP contribution in [0.25, 0.3) is 16.8 Å². The van der Waals surface area contributed by atoms with Crippen LogP contribution in [0.3, 0.4) is 0 Å². The van der Waals surface area contributed by atoms with Crippen LogP contribution in [0.4, 0.5) is 8.78 Å². The Morgan fingerprint density at radius 1 is 0.905 bits per heavy atom. The second-order valence-corrected chi connectivity index (χ2v) is 13.0. The lowest BCUT2D eigenvalue weighted by molar-refractivity contribution is -0.134. The highest BCUT2D eigenvalue weighted by molar-refractivity contribution is 7.99. The molecule has 0 saturated carbocycles. The second-order valence-electron chi connectivity index (χ2n) is 12.0. The van der Waals surface area contributed by atoms with Gasteiger partial charge in [-0.2, -0.15) is 0 Å². The monoisotopic (exact) mass is 578 g/mol. The van der Waals surface area contributed by atoms with Gasteiger partial charge < -0.3 is 4.90 Å². The number of likely N-dealkylation sites (N-methyl/N-ethyl adjacent to an activating group) is 1. The number of fused-ring (bicyclic) bond motifs is 4. The number of likely N-dealkylation sites (tertiary alicyclic amines) is 1. The maximum absolute atomic E-state index is 15.4. The van der Waals surface area contributed by atoms with Gasteiger partial charge in [-0.05, 0) is 64.9 Å². The Morgan fingerprint density at radius 2 is 1.64 bits per heavy atom. The third kappa shape index (κ3) is 3.24. The molecular formula is C35H28F2N2O2S. The first-order chi connectivity index (χ1) is 20.4. The summed E-state index contributed by atoms with van der Waals surface area (Å²) in [6.45, 7) is 0.703. The average Bonchev–Trinajstić information content (AvgIpc) is 3.60. The van der Waals surface area contributed by atoms with Gasteiger partial charge >= 0.3 is 0 Å². The molecule has 3 fully saturated rings. The fourth-order valence-corrected chi connectivity index (χ4v) is 9.90. The molecule has 3 saturated heterocycles. The van der Waals surface area contributed by atoms with E-state index < -0.39 is 16.9 Å². The zero-order valence-electron chi connectivity index (χ0n) is 23.0. The molecule has 0 amide bonds. The van der Waals surface area contributed by atoms with Gasteiger partial charge in [0.1, 0.15) is 17.2 Å². The maximum atomic E-state index is 15.4. The summed E-state index contributed by atoms with van der Waals surface area (Å²) in [7, 11) is 1.97. The van der Waals surface area contributed by atoms with Crippen molar-refractivity contribution in [1.29, 1.82) is 0 Å². The fourth-order valence-electron chi connectivity index (χ4n) is 8.60. The largest absolute Gasteiger partial charge is 0.301 e. The van der Waals surface area contributed by atoms with Gasteiger partial charge in [0.25, 0.3) is 0 Å². The molecule has 4 nitrogen and oxygen atoms in total. The van der Waals surface area contributed by atoms with Gasteiger partial charge in [-0.15, -0.1) is 11.8 Å². The van der Waals surface area contributed by atoms with Crippen molar-refractivity contribution in [3.63, 3.8) is 0 Å². The normalized spacial score (nSPS) is 29.9. The smallest absolute Gasteiger partial charge is 0.189 e. The molecule has 42 heavy (non-hydrogen) atoms. The number of piperidine rings is 1. The summed E-state index contributed by atoms with van der Waals surface area (Å²) < 4.78 is 29.1. The molecule has 0 radical (unpaired) electrons. The molecule has 4 aliphatic rings. The number of nitrogens with zero attached hydrogens (tertiary/aromatic N) is 2. The summed E-state index contributed by atoms with van der Waals surface area (Å²) in [6, 6.07) is 24.4. The SMILES string of the molecule is CN1C/C(=C\c2cccc(F)c2)C(=O)[C@]2(C1)[C@@H](c1cccc(F)c1)[C@@H]1CSCN1[C@@]21C(=O)c2cccc3cccc1c23. The topological polar surface area (TPSA) is 40.6 Å². The van der Waals surface area contributed by atoms with Crippen LogP contribution in [0.5, 0.6) is 0 Å². The number of halogens is 2. The summed E-state index contributed by atoms with van der Waals surface area (Å²) in [5.74, 6) is -0.0417. The molecule has 0 aromatic heterocycles. The molecule has 3 aliphatic heterocycles. The van der Waals surface area contributed by atoms with Crippen molar-refractivity contribution < 1.29 is 18.4 Å². The third-order valence-corrected chi connectivity index (χ3v) is 10.9. The summed E-state index contributed by atoms with van der Waals surface area (Å²) in [5, 5.41) is 1.87. The molecule has 0 N–H and O–H groups in total. The Morgan fingerprint density at radius 3 is 2.43 bits per heavy atom. The summed E-state index contributed by atoms with van der Waals surface area (Å²) in [6.07, 6.45) is 1.77. The van der Waals surface area contributed by atoms with Crippen LogP contribution in [-0.2, 0) is 10.3 Å². The Balaban J connectivity index is 1.47. The molecule has 4 aromatic rings. The molecule has 2 spiro atoms. The molecule has 4 aromatic carbocycles. The van der Waals surface area contributed by atoms with Crippen molar-refractivity contribution in [2.24, 2.45) is 5.41 Å². The second kappa shape index (κ2) is 9.17. The van der Waals surface area contributed by atoms with Crippen LogP contribution in [0.15, 0.2) is 90.5 Å². The van der Waals surface area contributed by atoms with E-state index in [-0.39, 0.29) is 29.2 Å². The molecule has 0 unspecified atom stereocenters. The predicted molar refractivity (Wildman–Crippen MR) is 161 cm³/mol.